The standard InChI is InChI=1S/C6H14Cl2N2O2P2/c1-3-5-9-13(7,11)10(6-4-2)14(9,8)12/h3-6H2,1-2H3. The van der Waals surface area contributed by atoms with Crippen LogP contribution in [-0.2, 0) is 9.13 Å². The minimum Gasteiger partial charge on any atom is -0.270 e. The number of hydrogen-bond acceptors (Lipinski definition) is 2. The van der Waals surface area contributed by atoms with Crippen molar-refractivity contribution in [1.82, 2.24) is 8.88 Å². The molecule has 0 spiro atoms. The lowest BCUT2D eigenvalue weighted by molar-refractivity contribution is 0.399. The molecule has 1 aliphatic heterocycles. The van der Waals surface area contributed by atoms with Gasteiger partial charge in [0.2, 0.25) is 0 Å². The summed E-state index contributed by atoms with van der Waals surface area (Å²) in [6, 6.07) is 0. The maximum atomic E-state index is 11.9. The number of halogens is 2. The topological polar surface area (TPSA) is 40.6 Å². The summed E-state index contributed by atoms with van der Waals surface area (Å²) in [7, 11) is 0. The van der Waals surface area contributed by atoms with Crippen molar-refractivity contribution >= 4 is 36.1 Å². The normalized spacial score (nSPS) is 39.7. The molecule has 14 heavy (non-hydrogen) atoms. The minimum atomic E-state index is -3.10. The van der Waals surface area contributed by atoms with E-state index in [4.69, 9.17) is 22.5 Å². The molecular weight excluding hydrogens is 265 g/mol. The molecule has 0 radical (unpaired) electrons. The average Bonchev–Trinajstić information content (AvgIpc) is 2.09. The first-order valence-corrected chi connectivity index (χ1v) is 9.58. The molecule has 0 amide bonds. The third kappa shape index (κ3) is 1.93. The summed E-state index contributed by atoms with van der Waals surface area (Å²) < 4.78 is 26.3. The molecule has 0 N–H and O–H groups in total. The average molecular weight is 279 g/mol. The molecule has 0 bridgehead atoms. The van der Waals surface area contributed by atoms with Gasteiger partial charge in [-0.15, -0.1) is 0 Å². The van der Waals surface area contributed by atoms with E-state index in [0.29, 0.717) is 13.1 Å². The molecule has 84 valence electrons. The van der Waals surface area contributed by atoms with Gasteiger partial charge in [0.05, 0.1) is 0 Å². The molecule has 0 aliphatic carbocycles. The number of rotatable bonds is 4. The Kier molecular flexibility index (Phi) is 4.14. The maximum absolute atomic E-state index is 11.9. The molecule has 0 atom stereocenters. The Morgan fingerprint density at radius 1 is 0.929 bits per heavy atom. The van der Waals surface area contributed by atoms with Crippen LogP contribution in [0.5, 0.6) is 0 Å². The van der Waals surface area contributed by atoms with Gasteiger partial charge in [-0.1, -0.05) is 13.8 Å². The zero-order valence-electron chi connectivity index (χ0n) is 8.19. The number of nitrogens with zero attached hydrogens (tertiary/aromatic N) is 2. The second-order valence-electron chi connectivity index (χ2n) is 3.14. The highest BCUT2D eigenvalue weighted by Crippen LogP contribution is 2.90. The lowest BCUT2D eigenvalue weighted by atomic mass is 10.5. The zero-order valence-corrected chi connectivity index (χ0v) is 11.5. The fraction of sp³-hybridized carbons (Fsp3) is 1.00. The van der Waals surface area contributed by atoms with Crippen LogP contribution in [0.3, 0.4) is 0 Å². The SMILES string of the molecule is CCCN1P(=O)(Cl)N(CCC)P1(=O)Cl. The second kappa shape index (κ2) is 4.45. The van der Waals surface area contributed by atoms with Crippen molar-refractivity contribution in [2.24, 2.45) is 0 Å². The monoisotopic (exact) mass is 278 g/mol. The summed E-state index contributed by atoms with van der Waals surface area (Å²) in [5.74, 6) is 0. The van der Waals surface area contributed by atoms with Crippen LogP contribution < -0.4 is 0 Å². The zero-order chi connectivity index (χ0) is 11.0. The summed E-state index contributed by atoms with van der Waals surface area (Å²) in [5, 5.41) is 0. The summed E-state index contributed by atoms with van der Waals surface area (Å²) in [4.78, 5) is 0. The molecule has 0 unspecified atom stereocenters. The fourth-order valence-electron chi connectivity index (χ4n) is 1.37. The highest BCUT2D eigenvalue weighted by Gasteiger charge is 2.62. The van der Waals surface area contributed by atoms with E-state index in [9.17, 15) is 9.13 Å². The minimum absolute atomic E-state index is 0.418. The Morgan fingerprint density at radius 2 is 1.21 bits per heavy atom. The van der Waals surface area contributed by atoms with E-state index in [1.807, 2.05) is 13.8 Å². The van der Waals surface area contributed by atoms with Crippen LogP contribution in [-0.4, -0.2) is 22.0 Å². The van der Waals surface area contributed by atoms with E-state index in [1.165, 1.54) is 8.88 Å². The van der Waals surface area contributed by atoms with Gasteiger partial charge >= 0.3 is 13.6 Å². The first-order chi connectivity index (χ1) is 6.39. The van der Waals surface area contributed by atoms with Gasteiger partial charge in [0, 0.05) is 13.1 Å². The van der Waals surface area contributed by atoms with Crippen LogP contribution in [0.1, 0.15) is 26.7 Å². The Hall–Kier alpha value is 0.960. The molecule has 1 fully saturated rings. The highest BCUT2D eigenvalue weighted by molar-refractivity contribution is 8.10. The second-order valence-corrected chi connectivity index (χ2v) is 10.2. The van der Waals surface area contributed by atoms with E-state index in [-0.39, 0.29) is 0 Å². The Balaban J connectivity index is 2.84. The van der Waals surface area contributed by atoms with Gasteiger partial charge in [-0.3, -0.25) is 9.13 Å². The lowest BCUT2D eigenvalue weighted by Gasteiger charge is -2.49. The van der Waals surface area contributed by atoms with E-state index in [0.717, 1.165) is 12.8 Å². The van der Waals surface area contributed by atoms with Gasteiger partial charge in [0.15, 0.2) is 0 Å². The summed E-state index contributed by atoms with van der Waals surface area (Å²) in [6.45, 7) is -1.56. The Bertz CT molecular complexity index is 266. The highest BCUT2D eigenvalue weighted by atomic mass is 35.7. The predicted octanol–water partition coefficient (Wildman–Crippen LogP) is 4.12. The third-order valence-electron chi connectivity index (χ3n) is 1.99. The molecule has 0 aromatic rings. The van der Waals surface area contributed by atoms with Crippen molar-refractivity contribution in [3.63, 3.8) is 0 Å². The predicted molar refractivity (Wildman–Crippen MR) is 60.9 cm³/mol. The molecule has 0 saturated carbocycles. The van der Waals surface area contributed by atoms with Gasteiger partial charge in [-0.05, 0) is 35.3 Å². The van der Waals surface area contributed by atoms with Crippen LogP contribution in [0.4, 0.5) is 0 Å². The molecule has 1 rings (SSSR count). The summed E-state index contributed by atoms with van der Waals surface area (Å²) in [6.07, 6.45) is 1.46. The van der Waals surface area contributed by atoms with Crippen molar-refractivity contribution in [1.29, 1.82) is 0 Å². The largest absolute Gasteiger partial charge is 0.319 e. The van der Waals surface area contributed by atoms with Gasteiger partial charge in [0.25, 0.3) is 0 Å². The third-order valence-corrected chi connectivity index (χ3v) is 11.4. The van der Waals surface area contributed by atoms with Crippen LogP contribution in [0, 0.1) is 0 Å². The van der Waals surface area contributed by atoms with Crippen molar-refractivity contribution in [3.05, 3.63) is 0 Å². The van der Waals surface area contributed by atoms with Gasteiger partial charge in [-0.2, -0.15) is 8.88 Å². The van der Waals surface area contributed by atoms with Crippen LogP contribution in [0.25, 0.3) is 0 Å². The number of hydrogen-bond donors (Lipinski definition) is 0. The van der Waals surface area contributed by atoms with E-state index >= 15 is 0 Å². The van der Waals surface area contributed by atoms with Crippen LogP contribution in [0.2, 0.25) is 0 Å². The molecule has 1 heterocycles. The van der Waals surface area contributed by atoms with Crippen molar-refractivity contribution < 1.29 is 9.13 Å². The molecule has 1 aliphatic rings. The fourth-order valence-corrected chi connectivity index (χ4v) is 11.3. The van der Waals surface area contributed by atoms with Gasteiger partial charge in [0.1, 0.15) is 0 Å². The molecular formula is C6H14Cl2N2O2P2. The van der Waals surface area contributed by atoms with E-state index < -0.39 is 13.6 Å². The van der Waals surface area contributed by atoms with Gasteiger partial charge in [-0.25, -0.2) is 0 Å². The first-order valence-electron chi connectivity index (χ1n) is 4.55. The Morgan fingerprint density at radius 3 is 1.43 bits per heavy atom. The van der Waals surface area contributed by atoms with E-state index in [1.54, 1.807) is 0 Å². The van der Waals surface area contributed by atoms with Crippen LogP contribution >= 0.6 is 36.1 Å². The van der Waals surface area contributed by atoms with Crippen molar-refractivity contribution in [2.45, 2.75) is 26.7 Å². The Labute approximate surface area is 94.1 Å². The lowest BCUT2D eigenvalue weighted by Crippen LogP contribution is -2.38. The van der Waals surface area contributed by atoms with E-state index in [2.05, 4.69) is 0 Å². The quantitative estimate of drug-likeness (QED) is 0.726. The van der Waals surface area contributed by atoms with Crippen molar-refractivity contribution in [3.8, 4) is 0 Å². The maximum Gasteiger partial charge on any atom is 0.319 e. The molecule has 4 nitrogen and oxygen atoms in total. The first kappa shape index (κ1) is 13.0. The molecule has 0 aromatic carbocycles. The smallest absolute Gasteiger partial charge is 0.270 e. The van der Waals surface area contributed by atoms with Crippen LogP contribution in [0.15, 0.2) is 0 Å². The summed E-state index contributed by atoms with van der Waals surface area (Å²) >= 11 is 11.7. The van der Waals surface area contributed by atoms with Gasteiger partial charge < -0.3 is 0 Å². The molecule has 8 heteroatoms. The van der Waals surface area contributed by atoms with Crippen molar-refractivity contribution in [2.75, 3.05) is 13.1 Å². The molecule has 0 aromatic heterocycles. The molecule has 1 saturated heterocycles. The summed E-state index contributed by atoms with van der Waals surface area (Å²) in [5.41, 5.74) is 0.